The van der Waals surface area contributed by atoms with Crippen molar-refractivity contribution in [1.82, 2.24) is 4.72 Å². The zero-order valence-electron chi connectivity index (χ0n) is 11.3. The quantitative estimate of drug-likeness (QED) is 0.814. The van der Waals surface area contributed by atoms with Crippen molar-refractivity contribution in [3.05, 3.63) is 23.3 Å². The number of nitrogen functional groups attached to an aromatic ring is 1. The molecule has 5 nitrogen and oxygen atoms in total. The molecule has 0 spiro atoms. The van der Waals surface area contributed by atoms with Gasteiger partial charge in [0.15, 0.2) is 0 Å². The van der Waals surface area contributed by atoms with Gasteiger partial charge in [-0.3, -0.25) is 0 Å². The van der Waals surface area contributed by atoms with Gasteiger partial charge in [-0.1, -0.05) is 0 Å². The summed E-state index contributed by atoms with van der Waals surface area (Å²) in [6.45, 7) is 5.40. The molecular weight excluding hydrogens is 264 g/mol. The van der Waals surface area contributed by atoms with E-state index in [4.69, 9.17) is 10.5 Å². The van der Waals surface area contributed by atoms with Gasteiger partial charge < -0.3 is 10.5 Å². The molecule has 1 atom stereocenters. The molecule has 1 saturated heterocycles. The van der Waals surface area contributed by atoms with Gasteiger partial charge in [-0.05, 0) is 49.4 Å². The second kappa shape index (κ2) is 5.48. The number of benzene rings is 1. The molecule has 1 aromatic rings. The summed E-state index contributed by atoms with van der Waals surface area (Å²) >= 11 is 0. The van der Waals surface area contributed by atoms with E-state index in [0.29, 0.717) is 25.4 Å². The van der Waals surface area contributed by atoms with Gasteiger partial charge >= 0.3 is 0 Å². The first-order chi connectivity index (χ1) is 8.90. The van der Waals surface area contributed by atoms with Crippen molar-refractivity contribution >= 4 is 15.7 Å². The standard InChI is InChI=1S/C13H20N2O3S/c1-9-5-12(14)6-13(10(9)2)19(16,17)15-7-11-3-4-18-8-11/h5-6,11,15H,3-4,7-8,14H2,1-2H3. The smallest absolute Gasteiger partial charge is 0.240 e. The Balaban J connectivity index is 2.19. The van der Waals surface area contributed by atoms with E-state index in [1.165, 1.54) is 6.07 Å². The average molecular weight is 284 g/mol. The van der Waals surface area contributed by atoms with Crippen LogP contribution in [0.4, 0.5) is 5.69 Å². The third-order valence-corrected chi connectivity index (χ3v) is 5.07. The van der Waals surface area contributed by atoms with Crippen LogP contribution in [0.15, 0.2) is 17.0 Å². The highest BCUT2D eigenvalue weighted by Crippen LogP contribution is 2.22. The van der Waals surface area contributed by atoms with Crippen molar-refractivity contribution in [3.63, 3.8) is 0 Å². The Kier molecular flexibility index (Phi) is 4.13. The number of ether oxygens (including phenoxy) is 1. The third-order valence-electron chi connectivity index (χ3n) is 3.52. The Morgan fingerprint density at radius 2 is 2.16 bits per heavy atom. The summed E-state index contributed by atoms with van der Waals surface area (Å²) in [5.74, 6) is 0.261. The van der Waals surface area contributed by atoms with E-state index in [1.807, 2.05) is 6.92 Å². The number of hydrogen-bond acceptors (Lipinski definition) is 4. The highest BCUT2D eigenvalue weighted by Gasteiger charge is 2.22. The van der Waals surface area contributed by atoms with Gasteiger partial charge in [-0.15, -0.1) is 0 Å². The Hall–Kier alpha value is -1.11. The van der Waals surface area contributed by atoms with E-state index in [9.17, 15) is 8.42 Å². The maximum Gasteiger partial charge on any atom is 0.240 e. The largest absolute Gasteiger partial charge is 0.399 e. The highest BCUT2D eigenvalue weighted by atomic mass is 32.2. The molecule has 1 aromatic carbocycles. The predicted molar refractivity (Wildman–Crippen MR) is 74.4 cm³/mol. The highest BCUT2D eigenvalue weighted by molar-refractivity contribution is 7.89. The zero-order chi connectivity index (χ0) is 14.0. The fourth-order valence-corrected chi connectivity index (χ4v) is 3.65. The van der Waals surface area contributed by atoms with Gasteiger partial charge in [0.05, 0.1) is 11.5 Å². The van der Waals surface area contributed by atoms with Crippen molar-refractivity contribution in [1.29, 1.82) is 0 Å². The van der Waals surface area contributed by atoms with Gasteiger partial charge in [0.1, 0.15) is 0 Å². The summed E-state index contributed by atoms with van der Waals surface area (Å²) < 4.78 is 32.5. The van der Waals surface area contributed by atoms with Crippen LogP contribution >= 0.6 is 0 Å². The second-order valence-corrected chi connectivity index (χ2v) is 6.78. The summed E-state index contributed by atoms with van der Waals surface area (Å²) in [6, 6.07) is 3.29. The van der Waals surface area contributed by atoms with Crippen LogP contribution in [0.25, 0.3) is 0 Å². The number of anilines is 1. The number of rotatable bonds is 4. The summed E-state index contributed by atoms with van der Waals surface area (Å²) in [7, 11) is -3.51. The summed E-state index contributed by atoms with van der Waals surface area (Å²) in [6.07, 6.45) is 0.900. The van der Waals surface area contributed by atoms with Crippen LogP contribution in [0.3, 0.4) is 0 Å². The lowest BCUT2D eigenvalue weighted by Crippen LogP contribution is -2.30. The minimum absolute atomic E-state index is 0.261. The normalized spacial score (nSPS) is 19.8. The molecule has 0 amide bonds. The van der Waals surface area contributed by atoms with Gasteiger partial charge in [0, 0.05) is 18.8 Å². The van der Waals surface area contributed by atoms with Crippen LogP contribution in [0.5, 0.6) is 0 Å². The topological polar surface area (TPSA) is 81.4 Å². The molecule has 106 valence electrons. The SMILES string of the molecule is Cc1cc(N)cc(S(=O)(=O)NCC2CCOC2)c1C. The van der Waals surface area contributed by atoms with Gasteiger partial charge in [-0.25, -0.2) is 13.1 Å². The zero-order valence-corrected chi connectivity index (χ0v) is 12.1. The number of nitrogens with two attached hydrogens (primary N) is 1. The molecule has 3 N–H and O–H groups in total. The monoisotopic (exact) mass is 284 g/mol. The lowest BCUT2D eigenvalue weighted by molar-refractivity contribution is 0.186. The van der Waals surface area contributed by atoms with Crippen molar-refractivity contribution < 1.29 is 13.2 Å². The first kappa shape index (κ1) is 14.3. The van der Waals surface area contributed by atoms with E-state index < -0.39 is 10.0 Å². The van der Waals surface area contributed by atoms with E-state index >= 15 is 0 Å². The fourth-order valence-electron chi connectivity index (χ4n) is 2.18. The summed E-state index contributed by atoms with van der Waals surface area (Å²) in [4.78, 5) is 0.268. The molecule has 0 aliphatic carbocycles. The maximum absolute atomic E-state index is 12.3. The molecule has 0 saturated carbocycles. The van der Waals surface area contributed by atoms with Crippen molar-refractivity contribution in [2.24, 2.45) is 5.92 Å². The van der Waals surface area contributed by atoms with E-state index in [1.54, 1.807) is 13.0 Å². The molecule has 19 heavy (non-hydrogen) atoms. The van der Waals surface area contributed by atoms with Crippen molar-refractivity contribution in [2.45, 2.75) is 25.2 Å². The predicted octanol–water partition coefficient (Wildman–Crippen LogP) is 1.20. The molecule has 0 aromatic heterocycles. The molecule has 0 radical (unpaired) electrons. The minimum atomic E-state index is -3.51. The molecule has 1 unspecified atom stereocenters. The molecule has 2 rings (SSSR count). The van der Waals surface area contributed by atoms with Crippen LogP contribution in [0.2, 0.25) is 0 Å². The lowest BCUT2D eigenvalue weighted by Gasteiger charge is -2.14. The van der Waals surface area contributed by atoms with Crippen molar-refractivity contribution in [2.75, 3.05) is 25.5 Å². The Morgan fingerprint density at radius 1 is 1.42 bits per heavy atom. The van der Waals surface area contributed by atoms with E-state index in [-0.39, 0.29) is 10.8 Å². The van der Waals surface area contributed by atoms with Crippen LogP contribution in [0.1, 0.15) is 17.5 Å². The Labute approximate surface area is 114 Å². The summed E-state index contributed by atoms with van der Waals surface area (Å²) in [5, 5.41) is 0. The molecule has 0 bridgehead atoms. The Morgan fingerprint density at radius 3 is 2.79 bits per heavy atom. The van der Waals surface area contributed by atoms with Crippen LogP contribution in [-0.4, -0.2) is 28.2 Å². The van der Waals surface area contributed by atoms with Crippen LogP contribution in [-0.2, 0) is 14.8 Å². The Bertz CT molecular complexity index is 563. The van der Waals surface area contributed by atoms with E-state index in [0.717, 1.165) is 17.5 Å². The first-order valence-corrected chi connectivity index (χ1v) is 7.82. The number of aryl methyl sites for hydroxylation is 1. The fraction of sp³-hybridized carbons (Fsp3) is 0.538. The van der Waals surface area contributed by atoms with Gasteiger partial charge in [0.2, 0.25) is 10.0 Å². The molecule has 6 heteroatoms. The van der Waals surface area contributed by atoms with Crippen LogP contribution in [0, 0.1) is 19.8 Å². The van der Waals surface area contributed by atoms with Crippen molar-refractivity contribution in [3.8, 4) is 0 Å². The summed E-state index contributed by atoms with van der Waals surface area (Å²) in [5.41, 5.74) is 7.82. The lowest BCUT2D eigenvalue weighted by atomic mass is 10.1. The first-order valence-electron chi connectivity index (χ1n) is 6.34. The molecule has 1 heterocycles. The second-order valence-electron chi connectivity index (χ2n) is 5.04. The molecule has 1 aliphatic heterocycles. The average Bonchev–Trinajstić information content (AvgIpc) is 2.84. The molecule has 1 fully saturated rings. The number of sulfonamides is 1. The molecular formula is C13H20N2O3S. The minimum Gasteiger partial charge on any atom is -0.399 e. The molecule has 1 aliphatic rings. The maximum atomic E-state index is 12.3. The van der Waals surface area contributed by atoms with Gasteiger partial charge in [-0.2, -0.15) is 0 Å². The van der Waals surface area contributed by atoms with Crippen LogP contribution < -0.4 is 10.5 Å². The number of nitrogens with one attached hydrogen (secondary N) is 1. The van der Waals surface area contributed by atoms with Gasteiger partial charge in [0.25, 0.3) is 0 Å². The number of hydrogen-bond donors (Lipinski definition) is 2. The third kappa shape index (κ3) is 3.26. The van der Waals surface area contributed by atoms with E-state index in [2.05, 4.69) is 4.72 Å².